The second kappa shape index (κ2) is 9.05. The first-order chi connectivity index (χ1) is 14.2. The zero-order valence-electron chi connectivity index (χ0n) is 17.1. The van der Waals surface area contributed by atoms with E-state index in [1.54, 1.807) is 12.1 Å². The standard InChI is InChI=1S/C20H25F2N3O4S/c1-14-4-6-16(13-18(14)25-10-8-24(2)9-11-25)30(26,27)23-17-12-15(28-3)5-7-19(17)29-20(21)22/h4-7,12-13,20,23H,8-11H2,1-3H3. The van der Waals surface area contributed by atoms with Crippen molar-refractivity contribution in [3.63, 3.8) is 0 Å². The molecular weight excluding hydrogens is 416 g/mol. The van der Waals surface area contributed by atoms with E-state index < -0.39 is 16.6 Å². The predicted molar refractivity (Wildman–Crippen MR) is 111 cm³/mol. The van der Waals surface area contributed by atoms with Crippen LogP contribution in [0, 0.1) is 6.92 Å². The number of rotatable bonds is 7. The molecule has 7 nitrogen and oxygen atoms in total. The van der Waals surface area contributed by atoms with Gasteiger partial charge in [-0.1, -0.05) is 6.07 Å². The van der Waals surface area contributed by atoms with Crippen LogP contribution in [0.2, 0.25) is 0 Å². The van der Waals surface area contributed by atoms with E-state index in [1.165, 1.54) is 31.4 Å². The number of anilines is 2. The third kappa shape index (κ3) is 5.11. The molecule has 2 aromatic carbocycles. The van der Waals surface area contributed by atoms with Crippen LogP contribution >= 0.6 is 0 Å². The van der Waals surface area contributed by atoms with E-state index in [-0.39, 0.29) is 16.3 Å². The molecule has 0 amide bonds. The Kier molecular flexibility index (Phi) is 6.67. The van der Waals surface area contributed by atoms with Gasteiger partial charge in [0.2, 0.25) is 0 Å². The average Bonchev–Trinajstić information content (AvgIpc) is 2.69. The number of aryl methyl sites for hydroxylation is 1. The summed E-state index contributed by atoms with van der Waals surface area (Å²) in [6.45, 7) is 2.17. The SMILES string of the molecule is COc1ccc(OC(F)F)c(NS(=O)(=O)c2ccc(C)c(N3CCN(C)CC3)c2)c1. The molecule has 1 fully saturated rings. The Hall–Kier alpha value is -2.59. The van der Waals surface area contributed by atoms with Gasteiger partial charge < -0.3 is 19.3 Å². The zero-order valence-corrected chi connectivity index (χ0v) is 17.9. The van der Waals surface area contributed by atoms with Crippen molar-refractivity contribution in [1.82, 2.24) is 4.90 Å². The number of methoxy groups -OCH3 is 1. The van der Waals surface area contributed by atoms with Gasteiger partial charge in [-0.05, 0) is 43.8 Å². The molecule has 1 heterocycles. The summed E-state index contributed by atoms with van der Waals surface area (Å²) in [6, 6.07) is 8.78. The number of halogens is 2. The van der Waals surface area contributed by atoms with Crippen molar-refractivity contribution in [2.45, 2.75) is 18.4 Å². The van der Waals surface area contributed by atoms with Crippen LogP contribution in [0.15, 0.2) is 41.3 Å². The van der Waals surface area contributed by atoms with Gasteiger partial charge in [-0.25, -0.2) is 8.42 Å². The van der Waals surface area contributed by atoms with Crippen LogP contribution in [0.25, 0.3) is 0 Å². The van der Waals surface area contributed by atoms with Crippen LogP contribution in [0.1, 0.15) is 5.56 Å². The van der Waals surface area contributed by atoms with Gasteiger partial charge in [-0.2, -0.15) is 8.78 Å². The largest absolute Gasteiger partial charge is 0.497 e. The van der Waals surface area contributed by atoms with E-state index in [4.69, 9.17) is 4.74 Å². The Morgan fingerprint density at radius 2 is 1.77 bits per heavy atom. The molecule has 2 aromatic rings. The molecule has 0 aromatic heterocycles. The first-order valence-corrected chi connectivity index (χ1v) is 10.9. The molecule has 0 saturated carbocycles. The van der Waals surface area contributed by atoms with Crippen LogP contribution in [-0.4, -0.2) is 60.3 Å². The molecule has 0 radical (unpaired) electrons. The maximum absolute atomic E-state index is 13.0. The van der Waals surface area contributed by atoms with Gasteiger partial charge in [0.25, 0.3) is 10.0 Å². The highest BCUT2D eigenvalue weighted by molar-refractivity contribution is 7.92. The van der Waals surface area contributed by atoms with Crippen molar-refractivity contribution in [3.8, 4) is 11.5 Å². The second-order valence-electron chi connectivity index (χ2n) is 7.08. The van der Waals surface area contributed by atoms with Crippen molar-refractivity contribution in [3.05, 3.63) is 42.0 Å². The lowest BCUT2D eigenvalue weighted by atomic mass is 10.1. The summed E-state index contributed by atoms with van der Waals surface area (Å²) in [5.41, 5.74) is 1.67. The Morgan fingerprint density at radius 3 is 2.40 bits per heavy atom. The molecular formula is C20H25F2N3O4S. The van der Waals surface area contributed by atoms with Gasteiger partial charge in [0.1, 0.15) is 11.5 Å². The highest BCUT2D eigenvalue weighted by Crippen LogP contribution is 2.33. The lowest BCUT2D eigenvalue weighted by molar-refractivity contribution is -0.0493. The highest BCUT2D eigenvalue weighted by atomic mass is 32.2. The number of ether oxygens (including phenoxy) is 2. The Morgan fingerprint density at radius 1 is 1.07 bits per heavy atom. The van der Waals surface area contributed by atoms with Crippen molar-refractivity contribution >= 4 is 21.4 Å². The lowest BCUT2D eigenvalue weighted by Crippen LogP contribution is -2.44. The number of alkyl halides is 2. The van der Waals surface area contributed by atoms with Crippen LogP contribution in [0.3, 0.4) is 0 Å². The molecule has 0 bridgehead atoms. The molecule has 3 rings (SSSR count). The minimum Gasteiger partial charge on any atom is -0.497 e. The zero-order chi connectivity index (χ0) is 21.9. The predicted octanol–water partition coefficient (Wildman–Crippen LogP) is 3.16. The van der Waals surface area contributed by atoms with Crippen molar-refractivity contribution in [2.75, 3.05) is 50.0 Å². The smallest absolute Gasteiger partial charge is 0.387 e. The minimum atomic E-state index is -4.05. The normalized spacial score (nSPS) is 15.3. The topological polar surface area (TPSA) is 71.1 Å². The van der Waals surface area contributed by atoms with E-state index in [0.29, 0.717) is 5.75 Å². The molecule has 1 N–H and O–H groups in total. The fourth-order valence-electron chi connectivity index (χ4n) is 3.26. The first kappa shape index (κ1) is 22.1. The molecule has 1 aliphatic rings. The summed E-state index contributed by atoms with van der Waals surface area (Å²) in [4.78, 5) is 4.39. The Balaban J connectivity index is 1.92. The monoisotopic (exact) mass is 441 g/mol. The number of nitrogens with one attached hydrogen (secondary N) is 1. The number of hydrogen-bond acceptors (Lipinski definition) is 6. The lowest BCUT2D eigenvalue weighted by Gasteiger charge is -2.35. The molecule has 1 aliphatic heterocycles. The number of piperazine rings is 1. The van der Waals surface area contributed by atoms with Crippen molar-refractivity contribution < 1.29 is 26.7 Å². The van der Waals surface area contributed by atoms with E-state index in [9.17, 15) is 17.2 Å². The summed E-state index contributed by atoms with van der Waals surface area (Å²) in [6.07, 6.45) is 0. The van der Waals surface area contributed by atoms with Crippen molar-refractivity contribution in [1.29, 1.82) is 0 Å². The number of benzene rings is 2. The average molecular weight is 442 g/mol. The van der Waals surface area contributed by atoms with E-state index in [0.717, 1.165) is 37.4 Å². The van der Waals surface area contributed by atoms with Gasteiger partial charge in [0.05, 0.1) is 17.7 Å². The summed E-state index contributed by atoms with van der Waals surface area (Å²) in [5, 5.41) is 0. The number of likely N-dealkylation sites (N-methyl/N-ethyl adjacent to an activating group) is 1. The quantitative estimate of drug-likeness (QED) is 0.712. The molecule has 0 unspecified atom stereocenters. The summed E-state index contributed by atoms with van der Waals surface area (Å²) in [5.74, 6) is 0.0112. The summed E-state index contributed by atoms with van der Waals surface area (Å²) < 4.78 is 63.4. The number of nitrogens with zero attached hydrogens (tertiary/aromatic N) is 2. The van der Waals surface area contributed by atoms with Gasteiger partial charge in [0.15, 0.2) is 0 Å². The van der Waals surface area contributed by atoms with Gasteiger partial charge in [-0.15, -0.1) is 0 Å². The summed E-state index contributed by atoms with van der Waals surface area (Å²) >= 11 is 0. The Bertz CT molecular complexity index is 994. The van der Waals surface area contributed by atoms with E-state index >= 15 is 0 Å². The minimum absolute atomic E-state index is 0.0350. The first-order valence-electron chi connectivity index (χ1n) is 9.39. The van der Waals surface area contributed by atoms with Gasteiger partial charge in [-0.3, -0.25) is 4.72 Å². The maximum Gasteiger partial charge on any atom is 0.387 e. The van der Waals surface area contributed by atoms with E-state index in [2.05, 4.69) is 19.3 Å². The molecule has 10 heteroatoms. The molecule has 30 heavy (non-hydrogen) atoms. The Labute approximate surface area is 175 Å². The van der Waals surface area contributed by atoms with Crippen LogP contribution < -0.4 is 19.1 Å². The molecule has 164 valence electrons. The van der Waals surface area contributed by atoms with Crippen LogP contribution in [0.4, 0.5) is 20.2 Å². The molecule has 0 spiro atoms. The van der Waals surface area contributed by atoms with E-state index in [1.807, 2.05) is 14.0 Å². The van der Waals surface area contributed by atoms with Crippen molar-refractivity contribution in [2.24, 2.45) is 0 Å². The third-order valence-corrected chi connectivity index (χ3v) is 6.35. The molecule has 1 saturated heterocycles. The van der Waals surface area contributed by atoms with Crippen LogP contribution in [0.5, 0.6) is 11.5 Å². The molecule has 0 atom stereocenters. The fourth-order valence-corrected chi connectivity index (χ4v) is 4.34. The maximum atomic E-state index is 13.0. The summed E-state index contributed by atoms with van der Waals surface area (Å²) in [7, 11) is -0.617. The number of sulfonamides is 1. The third-order valence-electron chi connectivity index (χ3n) is 4.98. The molecule has 0 aliphatic carbocycles. The number of hydrogen-bond donors (Lipinski definition) is 1. The fraction of sp³-hybridized carbons (Fsp3) is 0.400. The van der Waals surface area contributed by atoms with Gasteiger partial charge in [0, 0.05) is 37.9 Å². The van der Waals surface area contributed by atoms with Crippen LogP contribution in [-0.2, 0) is 10.0 Å². The second-order valence-corrected chi connectivity index (χ2v) is 8.77. The highest BCUT2D eigenvalue weighted by Gasteiger charge is 2.22. The van der Waals surface area contributed by atoms with Gasteiger partial charge >= 0.3 is 6.61 Å².